The van der Waals surface area contributed by atoms with Crippen molar-refractivity contribution in [3.05, 3.63) is 71.8 Å². The van der Waals surface area contributed by atoms with Gasteiger partial charge in [0.15, 0.2) is 5.78 Å². The topological polar surface area (TPSA) is 38.8 Å². The molecule has 0 spiro atoms. The monoisotopic (exact) mass is 268 g/mol. The number of Topliss-reactive ketones (excluding diaryl/α,β-unsaturated/α-hetero) is 1. The standard InChI is InChI=1S/C17H16O3/c18-16(14-9-5-2-6-10-14)17-15(20-17)12-19-11-13-7-3-1-4-8-13/h1-10,15,17H,11-12H2/t15-,17+/m0/s1. The van der Waals surface area contributed by atoms with Gasteiger partial charge in [0.05, 0.1) is 13.2 Å². The minimum Gasteiger partial charge on any atom is -0.374 e. The number of carbonyl (C=O) groups is 1. The molecule has 1 fully saturated rings. The fraction of sp³-hybridized carbons (Fsp3) is 0.235. The van der Waals surface area contributed by atoms with Crippen LogP contribution in [-0.4, -0.2) is 24.6 Å². The third-order valence-corrected chi connectivity index (χ3v) is 3.29. The van der Waals surface area contributed by atoms with E-state index in [1.54, 1.807) is 0 Å². The second kappa shape index (κ2) is 5.99. The first-order chi connectivity index (χ1) is 9.84. The van der Waals surface area contributed by atoms with Crippen LogP contribution in [0.4, 0.5) is 0 Å². The number of ketones is 1. The average Bonchev–Trinajstić information content (AvgIpc) is 3.28. The van der Waals surface area contributed by atoms with Crippen LogP contribution < -0.4 is 0 Å². The maximum atomic E-state index is 12.1. The molecule has 0 radical (unpaired) electrons. The molecule has 0 unspecified atom stereocenters. The summed E-state index contributed by atoms with van der Waals surface area (Å²) in [4.78, 5) is 12.1. The Balaban J connectivity index is 1.45. The van der Waals surface area contributed by atoms with Gasteiger partial charge in [-0.15, -0.1) is 0 Å². The van der Waals surface area contributed by atoms with Crippen molar-refractivity contribution in [2.75, 3.05) is 6.61 Å². The Labute approximate surface area is 118 Å². The number of ether oxygens (including phenoxy) is 2. The molecular weight excluding hydrogens is 252 g/mol. The highest BCUT2D eigenvalue weighted by molar-refractivity contribution is 6.01. The highest BCUT2D eigenvalue weighted by atomic mass is 16.6. The lowest BCUT2D eigenvalue weighted by atomic mass is 10.1. The van der Waals surface area contributed by atoms with Crippen molar-refractivity contribution in [1.29, 1.82) is 0 Å². The van der Waals surface area contributed by atoms with Gasteiger partial charge < -0.3 is 9.47 Å². The summed E-state index contributed by atoms with van der Waals surface area (Å²) >= 11 is 0. The molecule has 1 aliphatic heterocycles. The third-order valence-electron chi connectivity index (χ3n) is 3.29. The predicted molar refractivity (Wildman–Crippen MR) is 75.5 cm³/mol. The van der Waals surface area contributed by atoms with Crippen molar-refractivity contribution in [2.45, 2.75) is 18.8 Å². The molecule has 0 saturated carbocycles. The van der Waals surface area contributed by atoms with Gasteiger partial charge in [-0.3, -0.25) is 4.79 Å². The molecule has 1 saturated heterocycles. The molecule has 3 heteroatoms. The fourth-order valence-electron chi connectivity index (χ4n) is 2.13. The zero-order valence-electron chi connectivity index (χ0n) is 11.1. The first-order valence-corrected chi connectivity index (χ1v) is 6.71. The second-order valence-corrected chi connectivity index (χ2v) is 4.83. The molecule has 3 rings (SSSR count). The molecule has 102 valence electrons. The normalized spacial score (nSPS) is 20.6. The molecule has 0 bridgehead atoms. The van der Waals surface area contributed by atoms with E-state index in [1.165, 1.54) is 0 Å². The van der Waals surface area contributed by atoms with Gasteiger partial charge in [0.1, 0.15) is 12.2 Å². The Hall–Kier alpha value is -1.97. The summed E-state index contributed by atoms with van der Waals surface area (Å²) in [6, 6.07) is 19.2. The highest BCUT2D eigenvalue weighted by Gasteiger charge is 2.45. The summed E-state index contributed by atoms with van der Waals surface area (Å²) in [7, 11) is 0. The Kier molecular flexibility index (Phi) is 3.90. The largest absolute Gasteiger partial charge is 0.374 e. The van der Waals surface area contributed by atoms with E-state index in [1.807, 2.05) is 60.7 Å². The van der Waals surface area contributed by atoms with Gasteiger partial charge in [-0.25, -0.2) is 0 Å². The van der Waals surface area contributed by atoms with E-state index in [2.05, 4.69) is 0 Å². The quantitative estimate of drug-likeness (QED) is 0.597. The SMILES string of the molecule is O=C(c1ccccc1)[C@@H]1O[C@H]1COCc1ccccc1. The zero-order valence-corrected chi connectivity index (χ0v) is 11.1. The van der Waals surface area contributed by atoms with E-state index in [-0.39, 0.29) is 18.0 Å². The average molecular weight is 268 g/mol. The second-order valence-electron chi connectivity index (χ2n) is 4.83. The van der Waals surface area contributed by atoms with Crippen LogP contribution in [0.2, 0.25) is 0 Å². The van der Waals surface area contributed by atoms with Crippen LogP contribution in [0.1, 0.15) is 15.9 Å². The molecule has 0 amide bonds. The Morgan fingerprint density at radius 2 is 1.65 bits per heavy atom. The Bertz CT molecular complexity index is 565. The Morgan fingerprint density at radius 3 is 2.35 bits per heavy atom. The van der Waals surface area contributed by atoms with E-state index in [0.717, 1.165) is 5.56 Å². The van der Waals surface area contributed by atoms with Gasteiger partial charge in [-0.2, -0.15) is 0 Å². The summed E-state index contributed by atoms with van der Waals surface area (Å²) in [6.07, 6.45) is -0.445. The first kappa shape index (κ1) is 13.0. The van der Waals surface area contributed by atoms with Crippen molar-refractivity contribution in [1.82, 2.24) is 0 Å². The molecule has 0 N–H and O–H groups in total. The van der Waals surface area contributed by atoms with Crippen molar-refractivity contribution in [3.8, 4) is 0 Å². The molecule has 2 aromatic carbocycles. The first-order valence-electron chi connectivity index (χ1n) is 6.71. The van der Waals surface area contributed by atoms with Crippen LogP contribution in [0.25, 0.3) is 0 Å². The number of rotatable bonds is 6. The summed E-state index contributed by atoms with van der Waals surface area (Å²) in [5, 5.41) is 0. The van der Waals surface area contributed by atoms with Gasteiger partial charge in [-0.1, -0.05) is 60.7 Å². The van der Waals surface area contributed by atoms with Crippen LogP contribution in [-0.2, 0) is 16.1 Å². The van der Waals surface area contributed by atoms with E-state index >= 15 is 0 Å². The van der Waals surface area contributed by atoms with E-state index in [9.17, 15) is 4.79 Å². The lowest BCUT2D eigenvalue weighted by molar-refractivity contribution is 0.0953. The number of benzene rings is 2. The summed E-state index contributed by atoms with van der Waals surface area (Å²) < 4.78 is 11.0. The smallest absolute Gasteiger partial charge is 0.194 e. The molecule has 0 aromatic heterocycles. The summed E-state index contributed by atoms with van der Waals surface area (Å²) in [5.41, 5.74) is 1.82. The highest BCUT2D eigenvalue weighted by Crippen LogP contribution is 2.26. The molecule has 3 nitrogen and oxygen atoms in total. The summed E-state index contributed by atoms with van der Waals surface area (Å²) in [6.45, 7) is 1.01. The van der Waals surface area contributed by atoms with Gasteiger partial charge in [0.2, 0.25) is 0 Å². The molecule has 2 atom stereocenters. The predicted octanol–water partition coefficient (Wildman–Crippen LogP) is 2.85. The number of carbonyl (C=O) groups excluding carboxylic acids is 1. The van der Waals surface area contributed by atoms with Crippen molar-refractivity contribution < 1.29 is 14.3 Å². The van der Waals surface area contributed by atoms with Crippen molar-refractivity contribution in [2.24, 2.45) is 0 Å². The minimum atomic E-state index is -0.340. The number of epoxide rings is 1. The number of hydrogen-bond donors (Lipinski definition) is 0. The minimum absolute atomic E-state index is 0.0407. The lowest BCUT2D eigenvalue weighted by Gasteiger charge is -2.01. The van der Waals surface area contributed by atoms with Crippen LogP contribution in [0.5, 0.6) is 0 Å². The van der Waals surface area contributed by atoms with E-state index in [4.69, 9.17) is 9.47 Å². The third kappa shape index (κ3) is 3.13. The molecule has 1 heterocycles. The molecule has 20 heavy (non-hydrogen) atoms. The van der Waals surface area contributed by atoms with Crippen LogP contribution in [0.3, 0.4) is 0 Å². The van der Waals surface area contributed by atoms with Gasteiger partial charge in [-0.05, 0) is 5.56 Å². The number of hydrogen-bond acceptors (Lipinski definition) is 3. The van der Waals surface area contributed by atoms with Gasteiger partial charge >= 0.3 is 0 Å². The van der Waals surface area contributed by atoms with Gasteiger partial charge in [0, 0.05) is 5.56 Å². The van der Waals surface area contributed by atoms with Crippen LogP contribution in [0.15, 0.2) is 60.7 Å². The molecule has 2 aromatic rings. The van der Waals surface area contributed by atoms with Crippen molar-refractivity contribution in [3.63, 3.8) is 0 Å². The van der Waals surface area contributed by atoms with E-state index in [0.29, 0.717) is 18.8 Å². The maximum Gasteiger partial charge on any atom is 0.194 e. The maximum absolute atomic E-state index is 12.1. The van der Waals surface area contributed by atoms with Crippen LogP contribution in [0, 0.1) is 0 Å². The lowest BCUT2D eigenvalue weighted by Crippen LogP contribution is -2.13. The molecule has 0 aliphatic carbocycles. The fourth-order valence-corrected chi connectivity index (χ4v) is 2.13. The van der Waals surface area contributed by atoms with Crippen LogP contribution >= 0.6 is 0 Å². The molecule has 1 aliphatic rings. The zero-order chi connectivity index (χ0) is 13.8. The Morgan fingerprint density at radius 1 is 1.00 bits per heavy atom. The van der Waals surface area contributed by atoms with Gasteiger partial charge in [0.25, 0.3) is 0 Å². The molecular formula is C17H16O3. The van der Waals surface area contributed by atoms with Crippen molar-refractivity contribution >= 4 is 5.78 Å². The van der Waals surface area contributed by atoms with E-state index < -0.39 is 0 Å². The summed E-state index contributed by atoms with van der Waals surface area (Å²) in [5.74, 6) is 0.0407.